The van der Waals surface area contributed by atoms with Gasteiger partial charge in [0, 0.05) is 22.9 Å². The van der Waals surface area contributed by atoms with E-state index in [9.17, 15) is 19.8 Å². The minimum Gasteiger partial charge on any atom is -0.504 e. The number of nitrogens with one attached hydrogen (secondary N) is 1. The van der Waals surface area contributed by atoms with E-state index in [0.717, 1.165) is 5.56 Å². The summed E-state index contributed by atoms with van der Waals surface area (Å²) in [4.78, 5) is 28.4. The number of hydrogen-bond acceptors (Lipinski definition) is 7. The molecule has 190 valence electrons. The standard InChI is InChI=1S/C28H26N2O7/c1-35-24-10-8-18(14-25(24)36-2)22-15-30(28(34)29-22)21-6-4-5-19(13-21)23(32)9-7-17-11-20(16-31)27(33)26(12-17)37-3/h4-15,31,33H,16H2,1-3H3,(H,29,34). The number of aliphatic hydroxyl groups is 1. The van der Waals surface area contributed by atoms with E-state index in [1.165, 1.54) is 24.9 Å². The summed E-state index contributed by atoms with van der Waals surface area (Å²) in [5, 5.41) is 19.5. The number of nitrogens with zero attached hydrogens (tertiary/aromatic N) is 1. The molecule has 0 spiro atoms. The molecule has 4 rings (SSSR count). The highest BCUT2D eigenvalue weighted by Gasteiger charge is 2.13. The molecule has 0 aliphatic carbocycles. The molecule has 37 heavy (non-hydrogen) atoms. The summed E-state index contributed by atoms with van der Waals surface area (Å²) in [6, 6.07) is 15.1. The van der Waals surface area contributed by atoms with Crippen LogP contribution in [0.2, 0.25) is 0 Å². The highest BCUT2D eigenvalue weighted by atomic mass is 16.5. The third-order valence-corrected chi connectivity index (χ3v) is 5.82. The second-order valence-corrected chi connectivity index (χ2v) is 8.05. The van der Waals surface area contributed by atoms with Crippen LogP contribution in [0.5, 0.6) is 23.0 Å². The van der Waals surface area contributed by atoms with Gasteiger partial charge in [-0.05, 0) is 54.1 Å². The number of ether oxygens (including phenoxy) is 3. The second kappa shape index (κ2) is 10.9. The lowest BCUT2D eigenvalue weighted by Gasteiger charge is -2.09. The lowest BCUT2D eigenvalue weighted by molar-refractivity contribution is 0.104. The molecule has 1 aromatic heterocycles. The van der Waals surface area contributed by atoms with Crippen molar-refractivity contribution in [1.82, 2.24) is 9.55 Å². The fourth-order valence-corrected chi connectivity index (χ4v) is 3.88. The number of benzene rings is 3. The van der Waals surface area contributed by atoms with Crippen molar-refractivity contribution in [2.75, 3.05) is 21.3 Å². The van der Waals surface area contributed by atoms with Crippen LogP contribution < -0.4 is 19.9 Å². The van der Waals surface area contributed by atoms with Crippen LogP contribution in [0.1, 0.15) is 21.5 Å². The van der Waals surface area contributed by atoms with Crippen molar-refractivity contribution in [2.45, 2.75) is 6.61 Å². The molecule has 0 saturated carbocycles. The number of methoxy groups -OCH3 is 3. The number of phenols is 1. The Labute approximate surface area is 212 Å². The zero-order valence-electron chi connectivity index (χ0n) is 20.5. The summed E-state index contributed by atoms with van der Waals surface area (Å²) in [6.45, 7) is -0.378. The van der Waals surface area contributed by atoms with Gasteiger partial charge in [0.25, 0.3) is 0 Å². The summed E-state index contributed by atoms with van der Waals surface area (Å²) in [7, 11) is 4.49. The van der Waals surface area contributed by atoms with Gasteiger partial charge in [-0.15, -0.1) is 0 Å². The van der Waals surface area contributed by atoms with E-state index in [0.29, 0.717) is 34.0 Å². The molecule has 0 atom stereocenters. The average molecular weight is 503 g/mol. The maximum Gasteiger partial charge on any atom is 0.330 e. The number of rotatable bonds is 9. The van der Waals surface area contributed by atoms with Crippen LogP contribution in [-0.2, 0) is 6.61 Å². The van der Waals surface area contributed by atoms with E-state index in [1.807, 2.05) is 6.07 Å². The van der Waals surface area contributed by atoms with Crippen molar-refractivity contribution in [3.05, 3.63) is 94.0 Å². The third-order valence-electron chi connectivity index (χ3n) is 5.82. The number of H-pyrrole nitrogens is 1. The Morgan fingerprint density at radius 2 is 1.73 bits per heavy atom. The van der Waals surface area contributed by atoms with E-state index in [2.05, 4.69) is 4.98 Å². The third kappa shape index (κ3) is 5.26. The lowest BCUT2D eigenvalue weighted by atomic mass is 10.1. The Hall–Kier alpha value is -4.76. The minimum atomic E-state index is -0.378. The molecule has 0 bridgehead atoms. The van der Waals surface area contributed by atoms with Gasteiger partial charge in [0.05, 0.1) is 39.3 Å². The van der Waals surface area contributed by atoms with Gasteiger partial charge in [0.2, 0.25) is 0 Å². The first-order chi connectivity index (χ1) is 17.9. The summed E-state index contributed by atoms with van der Waals surface area (Å²) in [5.74, 6) is 0.863. The van der Waals surface area contributed by atoms with Crippen LogP contribution in [0, 0.1) is 0 Å². The quantitative estimate of drug-likeness (QED) is 0.234. The molecular formula is C28H26N2O7. The number of aromatic amines is 1. The van der Waals surface area contributed by atoms with Crippen molar-refractivity contribution < 1.29 is 29.2 Å². The van der Waals surface area contributed by atoms with Crippen LogP contribution in [0.15, 0.2) is 71.7 Å². The van der Waals surface area contributed by atoms with Gasteiger partial charge < -0.3 is 29.4 Å². The van der Waals surface area contributed by atoms with Crippen molar-refractivity contribution >= 4 is 11.9 Å². The first-order valence-electron chi connectivity index (χ1n) is 11.3. The first-order valence-corrected chi connectivity index (χ1v) is 11.3. The van der Waals surface area contributed by atoms with E-state index >= 15 is 0 Å². The number of carbonyl (C=O) groups is 1. The van der Waals surface area contributed by atoms with Crippen molar-refractivity contribution in [3.8, 4) is 39.9 Å². The number of carbonyl (C=O) groups excluding carboxylic acids is 1. The highest BCUT2D eigenvalue weighted by molar-refractivity contribution is 6.07. The molecule has 9 nitrogen and oxygen atoms in total. The number of imidazole rings is 1. The molecule has 0 amide bonds. The maximum atomic E-state index is 12.9. The number of allylic oxidation sites excluding steroid dienone is 1. The fraction of sp³-hybridized carbons (Fsp3) is 0.143. The van der Waals surface area contributed by atoms with Crippen LogP contribution in [0.4, 0.5) is 0 Å². The van der Waals surface area contributed by atoms with Gasteiger partial charge in [-0.3, -0.25) is 9.36 Å². The van der Waals surface area contributed by atoms with Gasteiger partial charge in [-0.2, -0.15) is 0 Å². The van der Waals surface area contributed by atoms with Crippen molar-refractivity contribution in [3.63, 3.8) is 0 Å². The van der Waals surface area contributed by atoms with E-state index in [4.69, 9.17) is 14.2 Å². The SMILES string of the molecule is COc1ccc(-c2cn(-c3cccc(C(=O)C=Cc4cc(CO)c(O)c(OC)c4)c3)c(=O)[nH]2)cc1OC. The largest absolute Gasteiger partial charge is 0.504 e. The summed E-state index contributed by atoms with van der Waals surface area (Å²) in [5.41, 5.74) is 2.69. The summed E-state index contributed by atoms with van der Waals surface area (Å²) >= 11 is 0. The van der Waals surface area contributed by atoms with E-state index < -0.39 is 0 Å². The number of ketones is 1. The molecule has 0 unspecified atom stereocenters. The number of aromatic hydroxyl groups is 1. The molecule has 4 aromatic rings. The Bertz CT molecular complexity index is 1510. The number of aromatic nitrogens is 2. The van der Waals surface area contributed by atoms with Gasteiger partial charge in [-0.25, -0.2) is 4.79 Å². The average Bonchev–Trinajstić information content (AvgIpc) is 3.33. The molecule has 0 saturated heterocycles. The molecule has 0 aliphatic heterocycles. The molecule has 0 fully saturated rings. The number of aliphatic hydroxyl groups excluding tert-OH is 1. The molecular weight excluding hydrogens is 476 g/mol. The van der Waals surface area contributed by atoms with Gasteiger partial charge >= 0.3 is 5.69 Å². The molecule has 3 N–H and O–H groups in total. The fourth-order valence-electron chi connectivity index (χ4n) is 3.88. The van der Waals surface area contributed by atoms with E-state index in [-0.39, 0.29) is 35.1 Å². The predicted octanol–water partition coefficient (Wildman–Crippen LogP) is 3.95. The Kier molecular flexibility index (Phi) is 7.45. The smallest absolute Gasteiger partial charge is 0.330 e. The molecule has 9 heteroatoms. The first kappa shape index (κ1) is 25.3. The zero-order valence-corrected chi connectivity index (χ0v) is 20.5. The number of hydrogen-bond donors (Lipinski definition) is 3. The predicted molar refractivity (Wildman–Crippen MR) is 139 cm³/mol. The molecule has 0 aliphatic rings. The normalized spacial score (nSPS) is 11.0. The van der Waals surface area contributed by atoms with Gasteiger partial charge in [0.15, 0.2) is 28.8 Å². The monoisotopic (exact) mass is 502 g/mol. The van der Waals surface area contributed by atoms with Crippen LogP contribution in [0.3, 0.4) is 0 Å². The molecule has 3 aromatic carbocycles. The molecule has 1 heterocycles. The highest BCUT2D eigenvalue weighted by Crippen LogP contribution is 2.33. The van der Waals surface area contributed by atoms with Crippen molar-refractivity contribution in [2.24, 2.45) is 0 Å². The van der Waals surface area contributed by atoms with Gasteiger partial charge in [-0.1, -0.05) is 18.2 Å². The van der Waals surface area contributed by atoms with Crippen molar-refractivity contribution in [1.29, 1.82) is 0 Å². The topological polar surface area (TPSA) is 123 Å². The summed E-state index contributed by atoms with van der Waals surface area (Å²) in [6.07, 6.45) is 4.59. The summed E-state index contributed by atoms with van der Waals surface area (Å²) < 4.78 is 17.2. The second-order valence-electron chi connectivity index (χ2n) is 8.05. The Morgan fingerprint density at radius 1 is 0.973 bits per heavy atom. The maximum absolute atomic E-state index is 12.9. The lowest BCUT2D eigenvalue weighted by Crippen LogP contribution is -2.14. The Balaban J connectivity index is 1.61. The van der Waals surface area contributed by atoms with Crippen LogP contribution in [0.25, 0.3) is 23.0 Å². The van der Waals surface area contributed by atoms with Gasteiger partial charge in [0.1, 0.15) is 0 Å². The zero-order chi connectivity index (χ0) is 26.5. The van der Waals surface area contributed by atoms with Crippen LogP contribution >= 0.6 is 0 Å². The Morgan fingerprint density at radius 3 is 2.43 bits per heavy atom. The van der Waals surface area contributed by atoms with Crippen LogP contribution in [-0.4, -0.2) is 46.9 Å². The van der Waals surface area contributed by atoms with E-state index in [1.54, 1.807) is 67.9 Å². The molecule has 0 radical (unpaired) electrons. The minimum absolute atomic E-state index is 0.148.